The monoisotopic (exact) mass is 347 g/mol. The van der Waals surface area contributed by atoms with Gasteiger partial charge in [-0.2, -0.15) is 0 Å². The van der Waals surface area contributed by atoms with E-state index in [9.17, 15) is 19.7 Å². The molecule has 0 saturated heterocycles. The standard InChI is InChI=1S/C16H14ClN3O4/c17-13-4-2-1-3-12(13)16(22)19-14(15(18)21)9-10-5-7-11(8-6-10)20(23)24/h1-8,14H,9H2,(H2,18,21)(H,19,22)/t14-/m0/s1. The van der Waals surface area contributed by atoms with Gasteiger partial charge in [-0.15, -0.1) is 0 Å². The Labute approximate surface area is 142 Å². The Hall–Kier alpha value is -2.93. The lowest BCUT2D eigenvalue weighted by Gasteiger charge is -2.16. The fourth-order valence-corrected chi connectivity index (χ4v) is 2.32. The first-order chi connectivity index (χ1) is 11.4. The zero-order valence-electron chi connectivity index (χ0n) is 12.4. The second-order valence-electron chi connectivity index (χ2n) is 5.04. The first-order valence-corrected chi connectivity index (χ1v) is 7.34. The normalized spacial score (nSPS) is 11.5. The zero-order valence-corrected chi connectivity index (χ0v) is 13.2. The van der Waals surface area contributed by atoms with E-state index in [1.165, 1.54) is 30.3 Å². The third kappa shape index (κ3) is 4.30. The van der Waals surface area contributed by atoms with Gasteiger partial charge in [0.15, 0.2) is 0 Å². The molecule has 3 N–H and O–H groups in total. The Morgan fingerprint density at radius 2 is 1.79 bits per heavy atom. The molecule has 1 atom stereocenters. The molecule has 24 heavy (non-hydrogen) atoms. The fourth-order valence-electron chi connectivity index (χ4n) is 2.09. The van der Waals surface area contributed by atoms with E-state index in [-0.39, 0.29) is 22.7 Å². The third-order valence-corrected chi connectivity index (χ3v) is 3.68. The number of nitrogens with one attached hydrogen (secondary N) is 1. The minimum atomic E-state index is -0.963. The summed E-state index contributed by atoms with van der Waals surface area (Å²) in [6.07, 6.45) is 0.115. The number of nitrogens with zero attached hydrogens (tertiary/aromatic N) is 1. The van der Waals surface area contributed by atoms with E-state index in [2.05, 4.69) is 5.32 Å². The van der Waals surface area contributed by atoms with Crippen LogP contribution in [0.5, 0.6) is 0 Å². The number of hydrogen-bond donors (Lipinski definition) is 2. The van der Waals surface area contributed by atoms with Crippen LogP contribution in [0.15, 0.2) is 48.5 Å². The van der Waals surface area contributed by atoms with Gasteiger partial charge in [-0.05, 0) is 17.7 Å². The van der Waals surface area contributed by atoms with Gasteiger partial charge in [-0.25, -0.2) is 0 Å². The number of nitro benzene ring substituents is 1. The second-order valence-corrected chi connectivity index (χ2v) is 5.44. The lowest BCUT2D eigenvalue weighted by molar-refractivity contribution is -0.384. The van der Waals surface area contributed by atoms with Crippen molar-refractivity contribution in [3.8, 4) is 0 Å². The second kappa shape index (κ2) is 7.56. The van der Waals surface area contributed by atoms with Gasteiger partial charge >= 0.3 is 0 Å². The summed E-state index contributed by atoms with van der Waals surface area (Å²) in [4.78, 5) is 33.9. The van der Waals surface area contributed by atoms with E-state index in [1.54, 1.807) is 18.2 Å². The summed E-state index contributed by atoms with van der Waals surface area (Å²) in [5.41, 5.74) is 6.13. The van der Waals surface area contributed by atoms with Crippen molar-refractivity contribution < 1.29 is 14.5 Å². The number of non-ortho nitro benzene ring substituents is 1. The molecule has 124 valence electrons. The molecule has 2 rings (SSSR count). The molecule has 0 spiro atoms. The molecule has 0 aliphatic heterocycles. The van der Waals surface area contributed by atoms with Crippen molar-refractivity contribution >= 4 is 29.1 Å². The largest absolute Gasteiger partial charge is 0.368 e. The molecule has 2 amide bonds. The summed E-state index contributed by atoms with van der Waals surface area (Å²) in [6, 6.07) is 11.1. The van der Waals surface area contributed by atoms with E-state index < -0.39 is 22.8 Å². The number of halogens is 1. The molecule has 0 unspecified atom stereocenters. The zero-order chi connectivity index (χ0) is 17.7. The number of hydrogen-bond acceptors (Lipinski definition) is 4. The van der Waals surface area contributed by atoms with Crippen molar-refractivity contribution in [2.75, 3.05) is 0 Å². The predicted molar refractivity (Wildman–Crippen MR) is 88.7 cm³/mol. The number of primary amides is 1. The minimum absolute atomic E-state index is 0.0607. The van der Waals surface area contributed by atoms with Gasteiger partial charge < -0.3 is 11.1 Å². The Balaban J connectivity index is 2.12. The molecular formula is C16H14ClN3O4. The van der Waals surface area contributed by atoms with Gasteiger partial charge in [0.05, 0.1) is 15.5 Å². The maximum Gasteiger partial charge on any atom is 0.269 e. The van der Waals surface area contributed by atoms with Gasteiger partial charge in [0.1, 0.15) is 6.04 Å². The molecular weight excluding hydrogens is 334 g/mol. The van der Waals surface area contributed by atoms with E-state index >= 15 is 0 Å². The molecule has 0 bridgehead atoms. The average molecular weight is 348 g/mol. The lowest BCUT2D eigenvalue weighted by atomic mass is 10.0. The van der Waals surface area contributed by atoms with Gasteiger partial charge in [-0.1, -0.05) is 35.9 Å². The number of carbonyl (C=O) groups excluding carboxylic acids is 2. The summed E-state index contributed by atoms with van der Waals surface area (Å²) in [5, 5.41) is 13.4. The fraction of sp³-hybridized carbons (Fsp3) is 0.125. The van der Waals surface area contributed by atoms with Crippen LogP contribution in [0.1, 0.15) is 15.9 Å². The number of nitro groups is 1. The number of benzene rings is 2. The van der Waals surface area contributed by atoms with Crippen molar-refractivity contribution in [1.29, 1.82) is 0 Å². The number of carbonyl (C=O) groups is 2. The summed E-state index contributed by atoms with van der Waals surface area (Å²) in [5.74, 6) is -1.24. The van der Waals surface area contributed by atoms with Crippen molar-refractivity contribution in [3.63, 3.8) is 0 Å². The maximum atomic E-state index is 12.2. The van der Waals surface area contributed by atoms with Crippen LogP contribution in [-0.4, -0.2) is 22.8 Å². The van der Waals surface area contributed by atoms with Crippen LogP contribution < -0.4 is 11.1 Å². The van der Waals surface area contributed by atoms with Crippen LogP contribution in [0.2, 0.25) is 5.02 Å². The number of nitrogens with two attached hydrogens (primary N) is 1. The summed E-state index contributed by atoms with van der Waals surface area (Å²) >= 11 is 5.95. The van der Waals surface area contributed by atoms with Crippen LogP contribution in [0, 0.1) is 10.1 Å². The molecule has 8 heteroatoms. The molecule has 0 heterocycles. The summed E-state index contributed by atoms with van der Waals surface area (Å²) < 4.78 is 0. The highest BCUT2D eigenvalue weighted by Crippen LogP contribution is 2.16. The minimum Gasteiger partial charge on any atom is -0.368 e. The van der Waals surface area contributed by atoms with E-state index in [0.29, 0.717) is 5.56 Å². The topological polar surface area (TPSA) is 115 Å². The van der Waals surface area contributed by atoms with Gasteiger partial charge in [0.25, 0.3) is 11.6 Å². The molecule has 0 aliphatic rings. The third-order valence-electron chi connectivity index (χ3n) is 3.35. The number of amides is 2. The highest BCUT2D eigenvalue weighted by molar-refractivity contribution is 6.33. The SMILES string of the molecule is NC(=O)[C@H](Cc1ccc([N+](=O)[O-])cc1)NC(=O)c1ccccc1Cl. The van der Waals surface area contributed by atoms with E-state index in [4.69, 9.17) is 17.3 Å². The molecule has 0 saturated carbocycles. The average Bonchev–Trinajstić information content (AvgIpc) is 2.54. The van der Waals surface area contributed by atoms with Gasteiger partial charge in [0, 0.05) is 18.6 Å². The highest BCUT2D eigenvalue weighted by Gasteiger charge is 2.21. The van der Waals surface area contributed by atoms with Crippen LogP contribution in [-0.2, 0) is 11.2 Å². The summed E-state index contributed by atoms with van der Waals surface area (Å²) in [6.45, 7) is 0. The van der Waals surface area contributed by atoms with Crippen molar-refractivity contribution in [2.45, 2.75) is 12.5 Å². The molecule has 2 aromatic carbocycles. The molecule has 0 fully saturated rings. The molecule has 7 nitrogen and oxygen atoms in total. The van der Waals surface area contributed by atoms with Crippen LogP contribution in [0.4, 0.5) is 5.69 Å². The Bertz CT molecular complexity index is 777. The molecule has 0 aliphatic carbocycles. The number of rotatable bonds is 6. The molecule has 0 radical (unpaired) electrons. The Morgan fingerprint density at radius 1 is 1.17 bits per heavy atom. The summed E-state index contributed by atoms with van der Waals surface area (Å²) in [7, 11) is 0. The van der Waals surface area contributed by atoms with Crippen LogP contribution in [0.25, 0.3) is 0 Å². The van der Waals surface area contributed by atoms with Crippen molar-refractivity contribution in [3.05, 3.63) is 74.8 Å². The molecule has 0 aromatic heterocycles. The Kier molecular flexibility index (Phi) is 5.49. The lowest BCUT2D eigenvalue weighted by Crippen LogP contribution is -2.45. The first-order valence-electron chi connectivity index (χ1n) is 6.96. The Morgan fingerprint density at radius 3 is 2.33 bits per heavy atom. The highest BCUT2D eigenvalue weighted by atomic mass is 35.5. The van der Waals surface area contributed by atoms with Crippen molar-refractivity contribution in [1.82, 2.24) is 5.32 Å². The first kappa shape index (κ1) is 17.4. The van der Waals surface area contributed by atoms with Crippen LogP contribution >= 0.6 is 11.6 Å². The predicted octanol–water partition coefficient (Wildman–Crippen LogP) is 2.07. The van der Waals surface area contributed by atoms with E-state index in [0.717, 1.165) is 0 Å². The van der Waals surface area contributed by atoms with Crippen molar-refractivity contribution in [2.24, 2.45) is 5.73 Å². The van der Waals surface area contributed by atoms with Crippen LogP contribution in [0.3, 0.4) is 0 Å². The van der Waals surface area contributed by atoms with E-state index in [1.807, 2.05) is 0 Å². The van der Waals surface area contributed by atoms with Gasteiger partial charge in [-0.3, -0.25) is 19.7 Å². The van der Waals surface area contributed by atoms with Gasteiger partial charge in [0.2, 0.25) is 5.91 Å². The maximum absolute atomic E-state index is 12.2. The smallest absolute Gasteiger partial charge is 0.269 e. The quantitative estimate of drug-likeness (QED) is 0.614. The molecule has 2 aromatic rings.